The molecule has 6 N–H and O–H groups in total. The lowest BCUT2D eigenvalue weighted by molar-refractivity contribution is 0.0521. The first-order valence-corrected chi connectivity index (χ1v) is 7.77. The predicted octanol–water partition coefficient (Wildman–Crippen LogP) is -0.568. The van der Waals surface area contributed by atoms with Gasteiger partial charge in [-0.3, -0.25) is 0 Å². The van der Waals surface area contributed by atoms with Crippen LogP contribution in [0.25, 0.3) is 0 Å². The zero-order valence-corrected chi connectivity index (χ0v) is 13.2. The van der Waals surface area contributed by atoms with Crippen LogP contribution in [-0.4, -0.2) is 65.6 Å². The largest absolute Gasteiger partial charge is 0.491 e. The minimum Gasteiger partial charge on any atom is -0.491 e. The summed E-state index contributed by atoms with van der Waals surface area (Å²) in [5, 5.41) is 36.3. The van der Waals surface area contributed by atoms with Crippen molar-refractivity contribution in [2.24, 2.45) is 5.73 Å². The summed E-state index contributed by atoms with van der Waals surface area (Å²) in [6, 6.07) is 5.22. The molecule has 0 aliphatic heterocycles. The van der Waals surface area contributed by atoms with Gasteiger partial charge in [0.05, 0.1) is 13.2 Å². The first-order valence-electron chi connectivity index (χ1n) is 7.77. The second-order valence-electron chi connectivity index (χ2n) is 5.31. The average molecular weight is 329 g/mol. The van der Waals surface area contributed by atoms with Gasteiger partial charge in [-0.1, -0.05) is 0 Å². The molecule has 23 heavy (non-hydrogen) atoms. The molecule has 0 aliphatic carbocycles. The van der Waals surface area contributed by atoms with E-state index in [1.165, 1.54) is 0 Å². The van der Waals surface area contributed by atoms with Crippen LogP contribution in [0.15, 0.2) is 18.2 Å². The van der Waals surface area contributed by atoms with Crippen molar-refractivity contribution in [2.45, 2.75) is 31.5 Å². The van der Waals surface area contributed by atoms with E-state index in [0.717, 1.165) is 24.8 Å². The molecule has 0 heterocycles. The Morgan fingerprint density at radius 1 is 0.957 bits per heavy atom. The van der Waals surface area contributed by atoms with Crippen LogP contribution in [0.5, 0.6) is 11.5 Å². The predicted molar refractivity (Wildman–Crippen MR) is 85.6 cm³/mol. The zero-order chi connectivity index (χ0) is 17.1. The Morgan fingerprint density at radius 3 is 2.22 bits per heavy atom. The minimum atomic E-state index is -0.928. The molecule has 0 bridgehead atoms. The molecule has 1 aromatic rings. The van der Waals surface area contributed by atoms with Crippen LogP contribution in [0, 0.1) is 0 Å². The number of aryl methyl sites for hydroxylation is 1. The van der Waals surface area contributed by atoms with Gasteiger partial charge in [-0.05, 0) is 49.6 Å². The summed E-state index contributed by atoms with van der Waals surface area (Å²) >= 11 is 0. The van der Waals surface area contributed by atoms with E-state index >= 15 is 0 Å². The molecule has 0 spiro atoms. The second-order valence-corrected chi connectivity index (χ2v) is 5.31. The highest BCUT2D eigenvalue weighted by atomic mass is 16.5. The van der Waals surface area contributed by atoms with Gasteiger partial charge in [-0.15, -0.1) is 0 Å². The smallest absolute Gasteiger partial charge is 0.122 e. The third-order valence-corrected chi connectivity index (χ3v) is 3.23. The van der Waals surface area contributed by atoms with Crippen LogP contribution in [0.1, 0.15) is 18.4 Å². The molecule has 0 fully saturated rings. The first kappa shape index (κ1) is 19.7. The fourth-order valence-corrected chi connectivity index (χ4v) is 1.93. The van der Waals surface area contributed by atoms with E-state index in [2.05, 4.69) is 0 Å². The third kappa shape index (κ3) is 7.62. The first-order chi connectivity index (χ1) is 11.1. The summed E-state index contributed by atoms with van der Waals surface area (Å²) in [4.78, 5) is 0. The number of ether oxygens (including phenoxy) is 2. The number of hydrogen-bond acceptors (Lipinski definition) is 7. The number of aliphatic hydroxyl groups is 4. The van der Waals surface area contributed by atoms with Crippen molar-refractivity contribution in [2.75, 3.05) is 33.0 Å². The second kappa shape index (κ2) is 11.2. The topological polar surface area (TPSA) is 125 Å². The lowest BCUT2D eigenvalue weighted by Gasteiger charge is -2.16. The summed E-state index contributed by atoms with van der Waals surface area (Å²) in [5.41, 5.74) is 6.41. The fourth-order valence-electron chi connectivity index (χ4n) is 1.93. The van der Waals surface area contributed by atoms with E-state index in [9.17, 15) is 10.2 Å². The average Bonchev–Trinajstić information content (AvgIpc) is 2.58. The van der Waals surface area contributed by atoms with E-state index in [1.807, 2.05) is 0 Å². The van der Waals surface area contributed by atoms with Gasteiger partial charge in [-0.2, -0.15) is 0 Å². The molecule has 1 aromatic carbocycles. The van der Waals surface area contributed by atoms with Crippen LogP contribution in [0.2, 0.25) is 0 Å². The van der Waals surface area contributed by atoms with Crippen LogP contribution < -0.4 is 15.2 Å². The zero-order valence-electron chi connectivity index (χ0n) is 13.2. The molecule has 0 amide bonds. The van der Waals surface area contributed by atoms with Crippen molar-refractivity contribution in [1.29, 1.82) is 0 Å². The normalized spacial score (nSPS) is 13.6. The Morgan fingerprint density at radius 2 is 1.61 bits per heavy atom. The molecule has 132 valence electrons. The van der Waals surface area contributed by atoms with Gasteiger partial charge < -0.3 is 35.6 Å². The molecule has 7 heteroatoms. The molecule has 0 saturated carbocycles. The number of aliphatic hydroxyl groups excluding tert-OH is 4. The molecule has 1 rings (SSSR count). The summed E-state index contributed by atoms with van der Waals surface area (Å²) < 4.78 is 11.0. The number of hydrogen-bond donors (Lipinski definition) is 5. The number of rotatable bonds is 12. The summed E-state index contributed by atoms with van der Waals surface area (Å²) in [5.74, 6) is 1.18. The molecular formula is C16H27NO6. The van der Waals surface area contributed by atoms with E-state index in [0.29, 0.717) is 18.0 Å². The van der Waals surface area contributed by atoms with Gasteiger partial charge in [0, 0.05) is 0 Å². The van der Waals surface area contributed by atoms with Crippen molar-refractivity contribution in [3.8, 4) is 11.5 Å². The Balaban J connectivity index is 2.74. The van der Waals surface area contributed by atoms with Crippen LogP contribution in [0.3, 0.4) is 0 Å². The summed E-state index contributed by atoms with van der Waals surface area (Å²) in [6.07, 6.45) is 0.654. The van der Waals surface area contributed by atoms with Crippen molar-refractivity contribution >= 4 is 0 Å². The molecule has 2 unspecified atom stereocenters. The van der Waals surface area contributed by atoms with Gasteiger partial charge in [-0.25, -0.2) is 0 Å². The minimum absolute atomic E-state index is 0.00215. The van der Waals surface area contributed by atoms with Gasteiger partial charge in [0.25, 0.3) is 0 Å². The molecular weight excluding hydrogens is 302 g/mol. The lowest BCUT2D eigenvalue weighted by Crippen LogP contribution is -2.22. The molecule has 0 radical (unpaired) electrons. The Labute approximate surface area is 136 Å². The van der Waals surface area contributed by atoms with Crippen molar-refractivity contribution < 1.29 is 29.9 Å². The van der Waals surface area contributed by atoms with Crippen molar-refractivity contribution in [3.05, 3.63) is 23.8 Å². The maximum atomic E-state index is 9.38. The highest BCUT2D eigenvalue weighted by Gasteiger charge is 2.10. The van der Waals surface area contributed by atoms with Gasteiger partial charge in [0.1, 0.15) is 36.9 Å². The van der Waals surface area contributed by atoms with Gasteiger partial charge in [0.2, 0.25) is 0 Å². The van der Waals surface area contributed by atoms with E-state index in [4.69, 9.17) is 25.4 Å². The summed E-state index contributed by atoms with van der Waals surface area (Å²) in [6.45, 7) is -0.101. The number of unbranched alkanes of at least 4 members (excludes halogenated alkanes) is 1. The van der Waals surface area contributed by atoms with Crippen LogP contribution in [-0.2, 0) is 6.42 Å². The molecule has 0 saturated heterocycles. The maximum absolute atomic E-state index is 9.38. The maximum Gasteiger partial charge on any atom is 0.122 e. The SMILES string of the molecule is NCCCCc1cc(OCC(O)CO)ccc1OCC(O)CO. The van der Waals surface area contributed by atoms with Gasteiger partial charge in [0.15, 0.2) is 0 Å². The monoisotopic (exact) mass is 329 g/mol. The third-order valence-electron chi connectivity index (χ3n) is 3.23. The molecule has 2 atom stereocenters. The molecule has 0 aliphatic rings. The Hall–Kier alpha value is -1.38. The Kier molecular flexibility index (Phi) is 9.58. The highest BCUT2D eigenvalue weighted by Crippen LogP contribution is 2.26. The van der Waals surface area contributed by atoms with Gasteiger partial charge >= 0.3 is 0 Å². The number of benzene rings is 1. The Bertz CT molecular complexity index is 443. The van der Waals surface area contributed by atoms with Crippen LogP contribution in [0.4, 0.5) is 0 Å². The standard InChI is InChI=1S/C16H27NO6/c17-6-2-1-3-12-7-15(22-10-13(20)8-18)4-5-16(12)23-11-14(21)9-19/h4-5,7,13-14,18-21H,1-3,6,8-11,17H2. The van der Waals surface area contributed by atoms with E-state index in [1.54, 1.807) is 18.2 Å². The van der Waals surface area contributed by atoms with E-state index in [-0.39, 0.29) is 26.4 Å². The van der Waals surface area contributed by atoms with Crippen molar-refractivity contribution in [3.63, 3.8) is 0 Å². The van der Waals surface area contributed by atoms with Crippen LogP contribution >= 0.6 is 0 Å². The summed E-state index contributed by atoms with van der Waals surface area (Å²) in [7, 11) is 0. The molecule has 7 nitrogen and oxygen atoms in total. The van der Waals surface area contributed by atoms with Crippen molar-refractivity contribution in [1.82, 2.24) is 0 Å². The lowest BCUT2D eigenvalue weighted by atomic mass is 10.1. The highest BCUT2D eigenvalue weighted by molar-refractivity contribution is 5.40. The number of nitrogens with two attached hydrogens (primary N) is 1. The molecule has 0 aromatic heterocycles. The quantitative estimate of drug-likeness (QED) is 0.325. The fraction of sp³-hybridized carbons (Fsp3) is 0.625. The van der Waals surface area contributed by atoms with E-state index < -0.39 is 12.2 Å².